The van der Waals surface area contributed by atoms with Gasteiger partial charge in [-0.05, 0) is 56.7 Å². The number of aliphatic imine (C=N–C) groups is 1. The SMILES string of the molecule is COc1ccccc1NC(=O)C1=C(C)N=C(SCC(=O)Nc2ccccc2C)C(C#N)[C@H]1c1ccc(C)o1. The largest absolute Gasteiger partial charge is 0.495 e. The van der Waals surface area contributed by atoms with Crippen LogP contribution in [-0.4, -0.2) is 29.7 Å². The van der Waals surface area contributed by atoms with Crippen molar-refractivity contribution in [3.63, 3.8) is 0 Å². The van der Waals surface area contributed by atoms with Crippen molar-refractivity contribution in [2.45, 2.75) is 26.7 Å². The third-order valence-corrected chi connectivity index (χ3v) is 7.20. The summed E-state index contributed by atoms with van der Waals surface area (Å²) in [5.74, 6) is -0.431. The van der Waals surface area contributed by atoms with Crippen LogP contribution in [0.1, 0.15) is 29.9 Å². The van der Waals surface area contributed by atoms with E-state index in [1.165, 1.54) is 18.9 Å². The second-order valence-electron chi connectivity index (χ2n) is 8.79. The van der Waals surface area contributed by atoms with Crippen LogP contribution in [0.5, 0.6) is 5.75 Å². The highest BCUT2D eigenvalue weighted by Crippen LogP contribution is 2.42. The van der Waals surface area contributed by atoms with Crippen LogP contribution in [0.3, 0.4) is 0 Å². The molecule has 0 radical (unpaired) electrons. The molecule has 2 N–H and O–H groups in total. The number of thioether (sulfide) groups is 1. The van der Waals surface area contributed by atoms with Gasteiger partial charge in [0.25, 0.3) is 5.91 Å². The average molecular weight is 529 g/mol. The lowest BCUT2D eigenvalue weighted by molar-refractivity contribution is -0.114. The van der Waals surface area contributed by atoms with Crippen molar-refractivity contribution in [1.82, 2.24) is 0 Å². The Hall–Kier alpha value is -4.29. The molecular formula is C29H28N4O4S. The molecule has 0 saturated carbocycles. The van der Waals surface area contributed by atoms with Gasteiger partial charge in [0.2, 0.25) is 5.91 Å². The van der Waals surface area contributed by atoms with E-state index in [1.54, 1.807) is 44.2 Å². The number of aryl methyl sites for hydroxylation is 2. The van der Waals surface area contributed by atoms with E-state index in [0.717, 1.165) is 11.3 Å². The smallest absolute Gasteiger partial charge is 0.254 e. The Morgan fingerprint density at radius 3 is 2.39 bits per heavy atom. The van der Waals surface area contributed by atoms with Crippen molar-refractivity contribution in [3.8, 4) is 11.8 Å². The zero-order valence-corrected chi connectivity index (χ0v) is 22.4. The first-order chi connectivity index (χ1) is 18.3. The lowest BCUT2D eigenvalue weighted by Crippen LogP contribution is -2.31. The summed E-state index contributed by atoms with van der Waals surface area (Å²) in [5, 5.41) is 16.5. The van der Waals surface area contributed by atoms with Gasteiger partial charge < -0.3 is 19.8 Å². The lowest BCUT2D eigenvalue weighted by atomic mass is 9.81. The third kappa shape index (κ3) is 5.82. The topological polar surface area (TPSA) is 117 Å². The summed E-state index contributed by atoms with van der Waals surface area (Å²) in [6.07, 6.45) is 0. The van der Waals surface area contributed by atoms with Gasteiger partial charge >= 0.3 is 0 Å². The number of hydrogen-bond acceptors (Lipinski definition) is 7. The summed E-state index contributed by atoms with van der Waals surface area (Å²) in [7, 11) is 1.53. The number of amides is 2. The molecule has 4 rings (SSSR count). The first-order valence-electron chi connectivity index (χ1n) is 12.0. The molecule has 1 aromatic heterocycles. The van der Waals surface area contributed by atoms with Crippen molar-refractivity contribution in [3.05, 3.63) is 89.0 Å². The van der Waals surface area contributed by atoms with Crippen molar-refractivity contribution in [2.75, 3.05) is 23.5 Å². The van der Waals surface area contributed by atoms with E-state index in [0.29, 0.717) is 39.3 Å². The molecule has 2 amide bonds. The zero-order valence-electron chi connectivity index (χ0n) is 21.6. The van der Waals surface area contributed by atoms with Gasteiger partial charge in [-0.15, -0.1) is 0 Å². The van der Waals surface area contributed by atoms with Crippen LogP contribution in [0.2, 0.25) is 0 Å². The number of nitrogens with zero attached hydrogens (tertiary/aromatic N) is 2. The van der Waals surface area contributed by atoms with E-state index in [1.807, 2.05) is 37.3 Å². The predicted molar refractivity (Wildman–Crippen MR) is 149 cm³/mol. The van der Waals surface area contributed by atoms with Gasteiger partial charge in [0, 0.05) is 11.4 Å². The zero-order chi connectivity index (χ0) is 27.2. The number of allylic oxidation sites excluding steroid dienone is 1. The van der Waals surface area contributed by atoms with Gasteiger partial charge in [0.05, 0.1) is 41.2 Å². The standard InChI is InChI=1S/C29H28N4O4S/c1-17-9-5-6-10-21(17)32-25(34)16-38-29-20(15-30)27(24-14-13-18(2)37-24)26(19(3)31-29)28(35)33-22-11-7-8-12-23(22)36-4/h5-14,20,27H,16H2,1-4H3,(H,32,34)(H,33,35)/t20?,27-/m0/s1. The van der Waals surface area contributed by atoms with Gasteiger partial charge in [-0.25, -0.2) is 4.99 Å². The van der Waals surface area contributed by atoms with Crippen molar-refractivity contribution >= 4 is 40.0 Å². The highest BCUT2D eigenvalue weighted by Gasteiger charge is 2.41. The van der Waals surface area contributed by atoms with E-state index in [2.05, 4.69) is 21.7 Å². The summed E-state index contributed by atoms with van der Waals surface area (Å²) >= 11 is 1.18. The minimum absolute atomic E-state index is 0.0608. The second-order valence-corrected chi connectivity index (χ2v) is 9.78. The van der Waals surface area contributed by atoms with Crippen LogP contribution in [0.25, 0.3) is 0 Å². The summed E-state index contributed by atoms with van der Waals surface area (Å²) in [6.45, 7) is 5.45. The number of para-hydroxylation sites is 3. The molecule has 1 aliphatic heterocycles. The number of carbonyl (C=O) groups is 2. The highest BCUT2D eigenvalue weighted by molar-refractivity contribution is 8.14. The maximum Gasteiger partial charge on any atom is 0.254 e. The molecule has 38 heavy (non-hydrogen) atoms. The number of hydrogen-bond donors (Lipinski definition) is 2. The highest BCUT2D eigenvalue weighted by atomic mass is 32.2. The summed E-state index contributed by atoms with van der Waals surface area (Å²) in [5.41, 5.74) is 2.96. The van der Waals surface area contributed by atoms with Crippen molar-refractivity contribution < 1.29 is 18.7 Å². The molecule has 1 unspecified atom stereocenters. The molecule has 0 saturated heterocycles. The minimum atomic E-state index is -0.820. The second kappa shape index (κ2) is 11.8. The molecule has 2 aromatic carbocycles. The molecule has 2 atom stereocenters. The molecular weight excluding hydrogens is 500 g/mol. The quantitative estimate of drug-likeness (QED) is 0.399. The maximum atomic E-state index is 13.6. The monoisotopic (exact) mass is 528 g/mol. The average Bonchev–Trinajstić information content (AvgIpc) is 3.34. The molecule has 2 heterocycles. The lowest BCUT2D eigenvalue weighted by Gasteiger charge is -2.28. The fourth-order valence-electron chi connectivity index (χ4n) is 4.29. The third-order valence-electron chi connectivity index (χ3n) is 6.15. The van der Waals surface area contributed by atoms with Crippen LogP contribution in [0.4, 0.5) is 11.4 Å². The maximum absolute atomic E-state index is 13.6. The van der Waals surface area contributed by atoms with Crippen LogP contribution < -0.4 is 15.4 Å². The van der Waals surface area contributed by atoms with Crippen LogP contribution in [0, 0.1) is 31.1 Å². The number of carbonyl (C=O) groups excluding carboxylic acids is 2. The number of nitrogens with one attached hydrogen (secondary N) is 2. The number of anilines is 2. The molecule has 0 fully saturated rings. The Balaban J connectivity index is 1.64. The van der Waals surface area contributed by atoms with Crippen LogP contribution in [0.15, 0.2) is 81.3 Å². The molecule has 194 valence electrons. The normalized spacial score (nSPS) is 16.9. The fourth-order valence-corrected chi connectivity index (χ4v) is 5.21. The van der Waals surface area contributed by atoms with E-state index in [9.17, 15) is 14.9 Å². The van der Waals surface area contributed by atoms with E-state index >= 15 is 0 Å². The molecule has 9 heteroatoms. The van der Waals surface area contributed by atoms with Crippen molar-refractivity contribution in [2.24, 2.45) is 10.9 Å². The number of furan rings is 1. The summed E-state index contributed by atoms with van der Waals surface area (Å²) in [6, 6.07) is 20.5. The Bertz CT molecular complexity index is 1470. The Morgan fingerprint density at radius 2 is 1.74 bits per heavy atom. The Morgan fingerprint density at radius 1 is 1.03 bits per heavy atom. The summed E-state index contributed by atoms with van der Waals surface area (Å²) in [4.78, 5) is 30.9. The fraction of sp³-hybridized carbons (Fsp3) is 0.241. The Kier molecular flexibility index (Phi) is 8.34. The minimum Gasteiger partial charge on any atom is -0.495 e. The van der Waals surface area contributed by atoms with Crippen LogP contribution >= 0.6 is 11.8 Å². The molecule has 0 bridgehead atoms. The predicted octanol–water partition coefficient (Wildman–Crippen LogP) is 5.83. The van der Waals surface area contributed by atoms with Crippen LogP contribution in [-0.2, 0) is 9.59 Å². The summed E-state index contributed by atoms with van der Waals surface area (Å²) < 4.78 is 11.3. The molecule has 0 aliphatic carbocycles. The van der Waals surface area contributed by atoms with E-state index in [-0.39, 0.29) is 11.7 Å². The first-order valence-corrected chi connectivity index (χ1v) is 13.0. The number of methoxy groups -OCH3 is 1. The van der Waals surface area contributed by atoms with Crippen molar-refractivity contribution in [1.29, 1.82) is 5.26 Å². The molecule has 1 aliphatic rings. The van der Waals surface area contributed by atoms with E-state index in [4.69, 9.17) is 9.15 Å². The molecule has 8 nitrogen and oxygen atoms in total. The molecule has 0 spiro atoms. The van der Waals surface area contributed by atoms with Gasteiger partial charge in [-0.3, -0.25) is 9.59 Å². The number of nitriles is 1. The number of benzene rings is 2. The van der Waals surface area contributed by atoms with Gasteiger partial charge in [-0.2, -0.15) is 5.26 Å². The first kappa shape index (κ1) is 26.8. The number of rotatable bonds is 7. The van der Waals surface area contributed by atoms with E-state index < -0.39 is 17.7 Å². The Labute approximate surface area is 225 Å². The molecule has 3 aromatic rings. The van der Waals surface area contributed by atoms with Gasteiger partial charge in [0.15, 0.2) is 0 Å². The van der Waals surface area contributed by atoms with Gasteiger partial charge in [-0.1, -0.05) is 42.1 Å². The number of ether oxygens (including phenoxy) is 1. The van der Waals surface area contributed by atoms with Gasteiger partial charge in [0.1, 0.15) is 23.2 Å².